The van der Waals surface area contributed by atoms with E-state index in [-0.39, 0.29) is 44.2 Å². The summed E-state index contributed by atoms with van der Waals surface area (Å²) in [5, 5.41) is 24.3. The minimum atomic E-state index is -1.33. The lowest BCUT2D eigenvalue weighted by Gasteiger charge is -2.59. The maximum atomic E-state index is 13.5. The summed E-state index contributed by atoms with van der Waals surface area (Å²) in [4.78, 5) is 20.9. The third-order valence-electron chi connectivity index (χ3n) is 11.2. The zero-order chi connectivity index (χ0) is 38.8. The summed E-state index contributed by atoms with van der Waals surface area (Å²) < 4.78 is 26.1. The van der Waals surface area contributed by atoms with Crippen molar-refractivity contribution in [1.29, 1.82) is 0 Å². The number of aliphatic hydroxyl groups is 2. The number of aliphatic hydroxyl groups excluding tert-OH is 2. The van der Waals surface area contributed by atoms with Crippen molar-refractivity contribution in [3.8, 4) is 28.4 Å². The summed E-state index contributed by atoms with van der Waals surface area (Å²) >= 11 is 0. The third-order valence-corrected chi connectivity index (χ3v) is 11.2. The van der Waals surface area contributed by atoms with Crippen LogP contribution in [0.2, 0.25) is 0 Å². The number of rotatable bonds is 18. The Hall–Kier alpha value is -4.64. The predicted molar refractivity (Wildman–Crippen MR) is 213 cm³/mol. The van der Waals surface area contributed by atoms with Crippen molar-refractivity contribution in [1.82, 2.24) is 4.90 Å². The number of ether oxygens (including phenoxy) is 4. The molecule has 1 saturated carbocycles. The van der Waals surface area contributed by atoms with E-state index in [1.165, 1.54) is 0 Å². The number of carbonyl (C=O) groups excluding carboxylic acids is 1. The number of fused-ring (bicyclic) bond motifs is 2. The van der Waals surface area contributed by atoms with Gasteiger partial charge in [0.15, 0.2) is 0 Å². The Balaban J connectivity index is 1.51. The third kappa shape index (κ3) is 8.62. The highest BCUT2D eigenvalue weighted by atomic mass is 16.7. The Morgan fingerprint density at radius 1 is 0.945 bits per heavy atom. The van der Waals surface area contributed by atoms with Crippen molar-refractivity contribution >= 4 is 11.8 Å². The van der Waals surface area contributed by atoms with Crippen LogP contribution in [0.25, 0.3) is 11.1 Å². The Labute approximate surface area is 325 Å². The first-order valence-electron chi connectivity index (χ1n) is 19.8. The van der Waals surface area contributed by atoms with E-state index in [0.29, 0.717) is 43.1 Å². The van der Waals surface area contributed by atoms with Crippen molar-refractivity contribution in [3.63, 3.8) is 0 Å². The van der Waals surface area contributed by atoms with Crippen LogP contribution in [0.4, 0.5) is 4.79 Å². The van der Waals surface area contributed by atoms with Crippen molar-refractivity contribution in [3.05, 3.63) is 103 Å². The Bertz CT molecular complexity index is 1790. The molecule has 0 spiro atoms. The molecular formula is C45H56N2O8. The maximum Gasteiger partial charge on any atom is 0.409 e. The predicted octanol–water partition coefficient (Wildman–Crippen LogP) is 8.89. The number of likely N-dealkylation sites (N-methyl/N-ethyl adjacent to an activating group) is 1. The molecule has 6 unspecified atom stereocenters. The fourth-order valence-corrected chi connectivity index (χ4v) is 8.77. The van der Waals surface area contributed by atoms with Crippen LogP contribution in [0.1, 0.15) is 70.3 Å². The van der Waals surface area contributed by atoms with Crippen LogP contribution < -0.4 is 9.47 Å². The van der Waals surface area contributed by atoms with Gasteiger partial charge in [0.1, 0.15) is 29.9 Å². The van der Waals surface area contributed by atoms with Gasteiger partial charge in [-0.25, -0.2) is 4.79 Å². The fourth-order valence-electron chi connectivity index (χ4n) is 8.77. The van der Waals surface area contributed by atoms with Gasteiger partial charge >= 0.3 is 6.09 Å². The summed E-state index contributed by atoms with van der Waals surface area (Å²) in [6.07, 6.45) is 8.65. The van der Waals surface area contributed by atoms with Crippen molar-refractivity contribution in [2.45, 2.75) is 76.5 Å². The number of carbonyl (C=O) groups is 1. The monoisotopic (exact) mass is 752 g/mol. The number of amides is 1. The highest BCUT2D eigenvalue weighted by molar-refractivity contribution is 6.02. The highest BCUT2D eigenvalue weighted by Crippen LogP contribution is 2.62. The second kappa shape index (κ2) is 18.8. The molecule has 1 amide bonds. The molecule has 10 heteroatoms. The molecule has 0 saturated heterocycles. The van der Waals surface area contributed by atoms with E-state index in [1.807, 2.05) is 49.4 Å². The van der Waals surface area contributed by atoms with E-state index in [2.05, 4.69) is 43.0 Å². The van der Waals surface area contributed by atoms with Gasteiger partial charge in [-0.1, -0.05) is 72.6 Å². The fraction of sp³-hybridized carbons (Fsp3) is 0.467. The van der Waals surface area contributed by atoms with Crippen LogP contribution in [-0.2, 0) is 14.3 Å². The van der Waals surface area contributed by atoms with Gasteiger partial charge < -0.3 is 38.9 Å². The lowest BCUT2D eigenvalue weighted by atomic mass is 9.55. The Morgan fingerprint density at radius 2 is 1.65 bits per heavy atom. The molecule has 1 fully saturated rings. The SMILES string of the molecule is C=CCOC12Oc3ccc(Oc4ccc(-c5ccccc5)cc4)cc3C3C(CCCCO)C(CCCCO)C=C(C(=NOCC)CC1N(C)C(=O)OCC)C32. The quantitative estimate of drug-likeness (QED) is 0.0752. The van der Waals surface area contributed by atoms with Crippen LogP contribution in [-0.4, -0.2) is 78.8 Å². The first kappa shape index (κ1) is 40.0. The van der Waals surface area contributed by atoms with Gasteiger partial charge in [0, 0.05) is 38.2 Å². The molecule has 3 aliphatic rings. The van der Waals surface area contributed by atoms with Crippen LogP contribution >= 0.6 is 0 Å². The normalized spacial score (nSPS) is 24.5. The zero-order valence-corrected chi connectivity index (χ0v) is 32.4. The highest BCUT2D eigenvalue weighted by Gasteiger charge is 2.65. The summed E-state index contributed by atoms with van der Waals surface area (Å²) in [7, 11) is 1.72. The second-order valence-electron chi connectivity index (χ2n) is 14.5. The smallest absolute Gasteiger partial charge is 0.409 e. The topological polar surface area (TPSA) is 119 Å². The molecule has 0 bridgehead atoms. The number of unbranched alkanes of at least 4 members (excludes halogenated alkanes) is 2. The zero-order valence-electron chi connectivity index (χ0n) is 32.4. The molecule has 6 atom stereocenters. The second-order valence-corrected chi connectivity index (χ2v) is 14.5. The average molecular weight is 753 g/mol. The number of nitrogens with zero attached hydrogens (tertiary/aromatic N) is 2. The summed E-state index contributed by atoms with van der Waals surface area (Å²) in [5.74, 6) is 0.405. The molecule has 0 aromatic heterocycles. The Morgan fingerprint density at radius 3 is 2.35 bits per heavy atom. The summed E-state index contributed by atoms with van der Waals surface area (Å²) in [6, 6.07) is 23.7. The maximum absolute atomic E-state index is 13.5. The molecule has 3 aromatic carbocycles. The largest absolute Gasteiger partial charge is 0.459 e. The van der Waals surface area contributed by atoms with Gasteiger partial charge in [-0.05, 0) is 98.4 Å². The summed E-state index contributed by atoms with van der Waals surface area (Å²) in [6.45, 7) is 8.70. The molecule has 3 aromatic rings. The van der Waals surface area contributed by atoms with Gasteiger partial charge in [-0.15, -0.1) is 6.58 Å². The molecule has 1 aliphatic heterocycles. The minimum absolute atomic E-state index is 0.105. The van der Waals surface area contributed by atoms with E-state index in [4.69, 9.17) is 28.9 Å². The minimum Gasteiger partial charge on any atom is -0.459 e. The van der Waals surface area contributed by atoms with Gasteiger partial charge in [-0.3, -0.25) is 0 Å². The molecular weight excluding hydrogens is 697 g/mol. The van der Waals surface area contributed by atoms with E-state index < -0.39 is 23.8 Å². The van der Waals surface area contributed by atoms with Crippen LogP contribution in [0, 0.1) is 17.8 Å². The Kier molecular flexibility index (Phi) is 13.7. The first-order valence-corrected chi connectivity index (χ1v) is 19.8. The lowest BCUT2D eigenvalue weighted by molar-refractivity contribution is -0.253. The van der Waals surface area contributed by atoms with Crippen molar-refractivity contribution in [2.24, 2.45) is 22.9 Å². The lowest BCUT2D eigenvalue weighted by Crippen LogP contribution is -2.69. The van der Waals surface area contributed by atoms with Gasteiger partial charge in [0.25, 0.3) is 0 Å². The molecule has 2 aliphatic carbocycles. The standard InChI is InChI=1S/C45H56N2O8/c1-5-27-52-45-41(47(4)44(50)51-6-2)30-39(46-53-7-3)37-28-33(17-11-13-25-48)36(18-12-14-26-49)42(43(37)45)38-29-35(23-24-40(38)55-45)54-34-21-19-32(20-22-34)31-15-9-8-10-16-31/h5,8-10,15-16,19-24,28-29,33,36,41-43,48-49H,1,6-7,11-14,17-18,25-27,30H2,2-4H3. The van der Waals surface area contributed by atoms with Crippen LogP contribution in [0.5, 0.6) is 17.2 Å². The molecule has 1 heterocycles. The number of oxime groups is 1. The molecule has 10 nitrogen and oxygen atoms in total. The number of allylic oxidation sites excluding steroid dienone is 1. The molecule has 2 N–H and O–H groups in total. The van der Waals surface area contributed by atoms with E-state index in [9.17, 15) is 15.0 Å². The van der Waals surface area contributed by atoms with Gasteiger partial charge in [0.2, 0.25) is 5.79 Å². The summed E-state index contributed by atoms with van der Waals surface area (Å²) in [5.41, 5.74) is 4.96. The van der Waals surface area contributed by atoms with Crippen LogP contribution in [0.15, 0.2) is 102 Å². The number of hydrogen-bond acceptors (Lipinski definition) is 9. The molecule has 6 rings (SSSR count). The van der Waals surface area contributed by atoms with E-state index in [0.717, 1.165) is 53.7 Å². The van der Waals surface area contributed by atoms with E-state index in [1.54, 1.807) is 24.9 Å². The average Bonchev–Trinajstić information content (AvgIpc) is 3.21. The van der Waals surface area contributed by atoms with Crippen LogP contribution in [0.3, 0.4) is 0 Å². The molecule has 55 heavy (non-hydrogen) atoms. The van der Waals surface area contributed by atoms with Crippen molar-refractivity contribution in [2.75, 3.05) is 40.1 Å². The van der Waals surface area contributed by atoms with Gasteiger partial charge in [-0.2, -0.15) is 0 Å². The number of benzene rings is 3. The van der Waals surface area contributed by atoms with Crippen molar-refractivity contribution < 1.29 is 38.8 Å². The first-order chi connectivity index (χ1) is 26.9. The number of hydrogen-bond donors (Lipinski definition) is 2. The molecule has 294 valence electrons. The molecule has 0 radical (unpaired) electrons. The van der Waals surface area contributed by atoms with Gasteiger partial charge in [0.05, 0.1) is 24.8 Å². The van der Waals surface area contributed by atoms with E-state index >= 15 is 0 Å².